The van der Waals surface area contributed by atoms with E-state index in [9.17, 15) is 19.8 Å². The van der Waals surface area contributed by atoms with Crippen LogP contribution in [0.4, 0.5) is 10.5 Å². The predicted molar refractivity (Wildman–Crippen MR) is 78.5 cm³/mol. The lowest BCUT2D eigenvalue weighted by atomic mass is 9.97. The fraction of sp³-hybridized carbons (Fsp3) is 0.467. The van der Waals surface area contributed by atoms with Crippen LogP contribution in [0.2, 0.25) is 0 Å². The minimum absolute atomic E-state index is 0.0142. The number of hydrogen-bond donors (Lipinski definition) is 3. The summed E-state index contributed by atoms with van der Waals surface area (Å²) in [7, 11) is 0. The number of hydrogen-bond acceptors (Lipinski definition) is 3. The van der Waals surface area contributed by atoms with E-state index < -0.39 is 5.97 Å². The molecule has 0 bridgehead atoms. The Bertz CT molecular complexity index is 559. The largest absolute Gasteiger partial charge is 0.478 e. The maximum Gasteiger partial charge on any atom is 0.337 e. The molecule has 0 saturated carbocycles. The number of carbonyl (C=O) groups is 2. The highest BCUT2D eigenvalue weighted by molar-refractivity contribution is 6.01. The Balaban J connectivity index is 2.15. The van der Waals surface area contributed by atoms with E-state index in [-0.39, 0.29) is 23.6 Å². The lowest BCUT2D eigenvalue weighted by Gasteiger charge is -2.34. The van der Waals surface area contributed by atoms with Crippen molar-refractivity contribution in [3.63, 3.8) is 0 Å². The summed E-state index contributed by atoms with van der Waals surface area (Å²) in [6.45, 7) is 4.57. The Hall–Kier alpha value is -2.08. The van der Waals surface area contributed by atoms with Crippen molar-refractivity contribution in [1.82, 2.24) is 4.90 Å². The summed E-state index contributed by atoms with van der Waals surface area (Å²) < 4.78 is 0. The van der Waals surface area contributed by atoms with Gasteiger partial charge in [-0.15, -0.1) is 0 Å². The summed E-state index contributed by atoms with van der Waals surface area (Å²) >= 11 is 0. The second-order valence-electron chi connectivity index (χ2n) is 5.51. The zero-order chi connectivity index (χ0) is 15.6. The molecule has 1 aliphatic rings. The molecule has 114 valence electrons. The van der Waals surface area contributed by atoms with E-state index in [1.54, 1.807) is 24.0 Å². The van der Waals surface area contributed by atoms with Crippen molar-refractivity contribution in [3.05, 3.63) is 29.3 Å². The highest BCUT2D eigenvalue weighted by atomic mass is 16.4. The molecule has 2 atom stereocenters. The number of carboxylic acids is 1. The number of benzene rings is 1. The van der Waals surface area contributed by atoms with Gasteiger partial charge in [0.1, 0.15) is 0 Å². The van der Waals surface area contributed by atoms with Gasteiger partial charge in [-0.3, -0.25) is 0 Å². The molecule has 2 unspecified atom stereocenters. The number of aliphatic hydroxyl groups is 1. The van der Waals surface area contributed by atoms with Crippen LogP contribution in [0.25, 0.3) is 0 Å². The molecule has 2 amide bonds. The molecule has 0 radical (unpaired) electrons. The van der Waals surface area contributed by atoms with Crippen LogP contribution in [-0.2, 0) is 0 Å². The number of likely N-dealkylation sites (tertiary alicyclic amines) is 1. The first-order valence-corrected chi connectivity index (χ1v) is 6.97. The van der Waals surface area contributed by atoms with Gasteiger partial charge in [0.2, 0.25) is 0 Å². The fourth-order valence-corrected chi connectivity index (χ4v) is 2.52. The third kappa shape index (κ3) is 3.33. The number of aromatic carboxylic acids is 1. The Kier molecular flexibility index (Phi) is 4.47. The van der Waals surface area contributed by atoms with Crippen LogP contribution in [0.5, 0.6) is 0 Å². The molecule has 1 aromatic rings. The van der Waals surface area contributed by atoms with E-state index in [4.69, 9.17) is 0 Å². The zero-order valence-corrected chi connectivity index (χ0v) is 12.2. The predicted octanol–water partition coefficient (Wildman–Crippen LogP) is 1.93. The van der Waals surface area contributed by atoms with Crippen LogP contribution in [0.15, 0.2) is 18.2 Å². The van der Waals surface area contributed by atoms with E-state index in [1.807, 2.05) is 6.92 Å². The molecule has 21 heavy (non-hydrogen) atoms. The minimum atomic E-state index is -1.07. The molecule has 2 rings (SSSR count). The van der Waals surface area contributed by atoms with Crippen LogP contribution >= 0.6 is 0 Å². The molecule has 3 N–H and O–H groups in total. The van der Waals surface area contributed by atoms with Crippen LogP contribution in [0.1, 0.15) is 29.3 Å². The smallest absolute Gasteiger partial charge is 0.337 e. The van der Waals surface area contributed by atoms with Crippen molar-refractivity contribution in [1.29, 1.82) is 0 Å². The molecule has 0 spiro atoms. The number of aryl methyl sites for hydroxylation is 1. The van der Waals surface area contributed by atoms with Gasteiger partial charge in [-0.25, -0.2) is 9.59 Å². The minimum Gasteiger partial charge on any atom is -0.478 e. The Labute approximate surface area is 123 Å². The van der Waals surface area contributed by atoms with E-state index in [1.165, 1.54) is 6.07 Å². The molecule has 1 aliphatic heterocycles. The van der Waals surface area contributed by atoms with Gasteiger partial charge in [0.15, 0.2) is 0 Å². The maximum atomic E-state index is 12.3. The highest BCUT2D eigenvalue weighted by Gasteiger charge is 2.28. The topological polar surface area (TPSA) is 89.9 Å². The molecule has 1 aromatic carbocycles. The number of rotatable bonds is 2. The van der Waals surface area contributed by atoms with Gasteiger partial charge >= 0.3 is 12.0 Å². The third-order valence-electron chi connectivity index (χ3n) is 3.88. The molecule has 1 heterocycles. The van der Waals surface area contributed by atoms with Crippen LogP contribution in [0, 0.1) is 12.8 Å². The normalized spacial score (nSPS) is 22.0. The molecule has 6 nitrogen and oxygen atoms in total. The van der Waals surface area contributed by atoms with Crippen LogP contribution < -0.4 is 5.32 Å². The summed E-state index contributed by atoms with van der Waals surface area (Å²) in [5.74, 6) is -1.06. The Morgan fingerprint density at radius 2 is 2.10 bits per heavy atom. The molecule has 0 aromatic heterocycles. The number of amides is 2. The number of piperidine rings is 1. The van der Waals surface area contributed by atoms with Gasteiger partial charge in [-0.05, 0) is 30.9 Å². The van der Waals surface area contributed by atoms with E-state index in [2.05, 4.69) is 5.32 Å². The number of nitrogens with zero attached hydrogens (tertiary/aromatic N) is 1. The van der Waals surface area contributed by atoms with E-state index in [0.29, 0.717) is 30.8 Å². The number of carboxylic acid groups (broad SMARTS) is 1. The average molecular weight is 292 g/mol. The molecule has 6 heteroatoms. The first kappa shape index (κ1) is 15.3. The third-order valence-corrected chi connectivity index (χ3v) is 3.88. The number of urea groups is 1. The van der Waals surface area contributed by atoms with Gasteiger partial charge in [0, 0.05) is 13.1 Å². The summed E-state index contributed by atoms with van der Waals surface area (Å²) in [5, 5.41) is 21.6. The Morgan fingerprint density at radius 1 is 1.38 bits per heavy atom. The molecule has 1 saturated heterocycles. The lowest BCUT2D eigenvalue weighted by molar-refractivity contribution is 0.0506. The van der Waals surface area contributed by atoms with Crippen LogP contribution in [-0.4, -0.2) is 46.3 Å². The molecular weight excluding hydrogens is 272 g/mol. The van der Waals surface area contributed by atoms with E-state index >= 15 is 0 Å². The molecular formula is C15H20N2O4. The zero-order valence-electron chi connectivity index (χ0n) is 12.2. The van der Waals surface area contributed by atoms with E-state index in [0.717, 1.165) is 0 Å². The highest BCUT2D eigenvalue weighted by Crippen LogP contribution is 2.23. The van der Waals surface area contributed by atoms with Gasteiger partial charge < -0.3 is 20.4 Å². The maximum absolute atomic E-state index is 12.3. The van der Waals surface area contributed by atoms with Crippen molar-refractivity contribution in [3.8, 4) is 0 Å². The average Bonchev–Trinajstić information content (AvgIpc) is 2.43. The van der Waals surface area contributed by atoms with Crippen molar-refractivity contribution in [2.45, 2.75) is 26.4 Å². The summed E-state index contributed by atoms with van der Waals surface area (Å²) in [5.41, 5.74) is 1.11. The summed E-state index contributed by atoms with van der Waals surface area (Å²) in [6, 6.07) is 4.54. The van der Waals surface area contributed by atoms with Crippen molar-refractivity contribution < 1.29 is 19.8 Å². The first-order valence-electron chi connectivity index (χ1n) is 6.97. The molecule has 1 fully saturated rings. The van der Waals surface area contributed by atoms with Crippen molar-refractivity contribution >= 4 is 17.7 Å². The number of anilines is 1. The number of carbonyl (C=O) groups excluding carboxylic acids is 1. The molecule has 0 aliphatic carbocycles. The first-order chi connectivity index (χ1) is 9.90. The standard InChI is InChI=1S/C15H20N2O4/c1-9-4-3-5-11(14(19)20)13(9)16-15(21)17-7-6-12(18)10(2)8-17/h3-5,10,12,18H,6-8H2,1-2H3,(H,16,21)(H,19,20). The monoisotopic (exact) mass is 292 g/mol. The van der Waals surface area contributed by atoms with Gasteiger partial charge in [-0.2, -0.15) is 0 Å². The number of para-hydroxylation sites is 1. The van der Waals surface area contributed by atoms with Crippen LogP contribution in [0.3, 0.4) is 0 Å². The number of nitrogens with one attached hydrogen (secondary N) is 1. The van der Waals surface area contributed by atoms with Gasteiger partial charge in [0.25, 0.3) is 0 Å². The fourth-order valence-electron chi connectivity index (χ4n) is 2.52. The lowest BCUT2D eigenvalue weighted by Crippen LogP contribution is -2.46. The SMILES string of the molecule is Cc1cccc(C(=O)O)c1NC(=O)N1CCC(O)C(C)C1. The summed E-state index contributed by atoms with van der Waals surface area (Å²) in [6.07, 6.45) is 0.149. The van der Waals surface area contributed by atoms with Crippen molar-refractivity contribution in [2.24, 2.45) is 5.92 Å². The summed E-state index contributed by atoms with van der Waals surface area (Å²) in [4.78, 5) is 25.1. The number of aliphatic hydroxyl groups excluding tert-OH is 1. The second kappa shape index (κ2) is 6.13. The van der Waals surface area contributed by atoms with Gasteiger partial charge in [-0.1, -0.05) is 19.1 Å². The second-order valence-corrected chi connectivity index (χ2v) is 5.51. The van der Waals surface area contributed by atoms with Crippen molar-refractivity contribution in [2.75, 3.05) is 18.4 Å². The quantitative estimate of drug-likeness (QED) is 0.777. The Morgan fingerprint density at radius 3 is 2.71 bits per heavy atom. The van der Waals surface area contributed by atoms with Gasteiger partial charge in [0.05, 0.1) is 17.4 Å².